The summed E-state index contributed by atoms with van der Waals surface area (Å²) in [6, 6.07) is 12.5. The number of carbonyl (C=O) groups excluding carboxylic acids is 2. The van der Waals surface area contributed by atoms with E-state index in [1.807, 2.05) is 6.92 Å². The molecule has 0 unspecified atom stereocenters. The SMILES string of the molecule is C/C(=C/C(=O)ONC(=O)c1ccc(C)cc1)Nc1ccc([N+](=O)[O-])cc1. The average Bonchev–Trinajstić information content (AvgIpc) is 2.60. The molecule has 2 aromatic rings. The van der Waals surface area contributed by atoms with Gasteiger partial charge in [0, 0.05) is 35.2 Å². The van der Waals surface area contributed by atoms with Crippen LogP contribution in [-0.4, -0.2) is 16.8 Å². The Bertz CT molecular complexity index is 842. The molecule has 0 radical (unpaired) electrons. The number of nitro benzene ring substituents is 1. The summed E-state index contributed by atoms with van der Waals surface area (Å²) >= 11 is 0. The van der Waals surface area contributed by atoms with Crippen LogP contribution in [0.2, 0.25) is 0 Å². The zero-order chi connectivity index (χ0) is 19.1. The first-order valence-electron chi connectivity index (χ1n) is 7.63. The van der Waals surface area contributed by atoms with Crippen LogP contribution in [0, 0.1) is 17.0 Å². The fourth-order valence-electron chi connectivity index (χ4n) is 2.00. The molecule has 1 amide bonds. The van der Waals surface area contributed by atoms with Crippen molar-refractivity contribution in [3.63, 3.8) is 0 Å². The first-order valence-corrected chi connectivity index (χ1v) is 7.63. The fourth-order valence-corrected chi connectivity index (χ4v) is 2.00. The topological polar surface area (TPSA) is 111 Å². The normalized spacial score (nSPS) is 10.8. The zero-order valence-electron chi connectivity index (χ0n) is 14.2. The maximum atomic E-state index is 11.8. The Labute approximate surface area is 149 Å². The van der Waals surface area contributed by atoms with Crippen LogP contribution in [0.15, 0.2) is 60.3 Å². The van der Waals surface area contributed by atoms with Gasteiger partial charge in [0.25, 0.3) is 11.6 Å². The molecule has 0 saturated heterocycles. The molecule has 2 rings (SSSR count). The number of nitrogens with one attached hydrogen (secondary N) is 2. The van der Waals surface area contributed by atoms with E-state index in [4.69, 9.17) is 4.84 Å². The monoisotopic (exact) mass is 355 g/mol. The summed E-state index contributed by atoms with van der Waals surface area (Å²) in [5, 5.41) is 13.5. The van der Waals surface area contributed by atoms with E-state index in [1.165, 1.54) is 24.3 Å². The number of rotatable bonds is 5. The summed E-state index contributed by atoms with van der Waals surface area (Å²) < 4.78 is 0. The molecule has 8 heteroatoms. The number of non-ortho nitro benzene ring substituents is 1. The van der Waals surface area contributed by atoms with Gasteiger partial charge in [-0.05, 0) is 38.1 Å². The first kappa shape index (κ1) is 18.7. The molecule has 0 heterocycles. The van der Waals surface area contributed by atoms with Crippen molar-refractivity contribution >= 4 is 23.3 Å². The molecule has 2 N–H and O–H groups in total. The molecule has 0 aliphatic carbocycles. The van der Waals surface area contributed by atoms with Crippen LogP contribution in [0.4, 0.5) is 11.4 Å². The van der Waals surface area contributed by atoms with Crippen molar-refractivity contribution in [2.75, 3.05) is 5.32 Å². The predicted octanol–water partition coefficient (Wildman–Crippen LogP) is 3.11. The van der Waals surface area contributed by atoms with Crippen LogP contribution in [-0.2, 0) is 9.63 Å². The highest BCUT2D eigenvalue weighted by atomic mass is 16.7. The third-order valence-electron chi connectivity index (χ3n) is 3.31. The molecule has 0 atom stereocenters. The van der Waals surface area contributed by atoms with Crippen LogP contribution in [0.1, 0.15) is 22.8 Å². The smallest absolute Gasteiger partial charge is 0.357 e. The Morgan fingerprint density at radius 1 is 1.08 bits per heavy atom. The molecule has 0 aromatic heterocycles. The van der Waals surface area contributed by atoms with Crippen molar-refractivity contribution in [3.8, 4) is 0 Å². The van der Waals surface area contributed by atoms with E-state index >= 15 is 0 Å². The van der Waals surface area contributed by atoms with Crippen LogP contribution in [0.5, 0.6) is 0 Å². The lowest BCUT2D eigenvalue weighted by molar-refractivity contribution is -0.384. The first-order chi connectivity index (χ1) is 12.3. The van der Waals surface area contributed by atoms with Gasteiger partial charge < -0.3 is 10.2 Å². The zero-order valence-corrected chi connectivity index (χ0v) is 14.2. The molecule has 0 spiro atoms. The number of nitro groups is 1. The van der Waals surface area contributed by atoms with Gasteiger partial charge in [-0.25, -0.2) is 4.79 Å². The molecule has 26 heavy (non-hydrogen) atoms. The molecule has 0 fully saturated rings. The molecule has 0 saturated carbocycles. The molecule has 8 nitrogen and oxygen atoms in total. The average molecular weight is 355 g/mol. The van der Waals surface area contributed by atoms with Crippen molar-refractivity contribution < 1.29 is 19.3 Å². The molecule has 0 bridgehead atoms. The number of benzene rings is 2. The second-order valence-electron chi connectivity index (χ2n) is 5.47. The standard InChI is InChI=1S/C18H17N3O5/c1-12-3-5-14(6-4-12)18(23)20-26-17(22)11-13(2)19-15-7-9-16(10-8-15)21(24)25/h3-11,19H,1-2H3,(H,20,23)/b13-11-. The summed E-state index contributed by atoms with van der Waals surface area (Å²) in [6.07, 6.45) is 1.15. The molecule has 0 aliphatic rings. The highest BCUT2D eigenvalue weighted by Crippen LogP contribution is 2.16. The molecule has 134 valence electrons. The van der Waals surface area contributed by atoms with Crippen molar-refractivity contribution in [1.29, 1.82) is 0 Å². The number of nitrogens with zero attached hydrogens (tertiary/aromatic N) is 1. The second kappa shape index (κ2) is 8.43. The lowest BCUT2D eigenvalue weighted by Gasteiger charge is -2.07. The lowest BCUT2D eigenvalue weighted by Crippen LogP contribution is -2.26. The van der Waals surface area contributed by atoms with Crippen molar-refractivity contribution in [2.45, 2.75) is 13.8 Å². The third kappa shape index (κ3) is 5.45. The summed E-state index contributed by atoms with van der Waals surface area (Å²) in [5.74, 6) is -1.30. The minimum Gasteiger partial charge on any atom is -0.359 e. The van der Waals surface area contributed by atoms with Crippen LogP contribution < -0.4 is 10.8 Å². The highest BCUT2D eigenvalue weighted by molar-refractivity contribution is 5.94. The maximum Gasteiger partial charge on any atom is 0.357 e. The van der Waals surface area contributed by atoms with E-state index in [9.17, 15) is 19.7 Å². The van der Waals surface area contributed by atoms with Crippen LogP contribution in [0.3, 0.4) is 0 Å². The lowest BCUT2D eigenvalue weighted by atomic mass is 10.1. The predicted molar refractivity (Wildman–Crippen MR) is 95.2 cm³/mol. The largest absolute Gasteiger partial charge is 0.359 e. The Hall–Kier alpha value is -3.68. The summed E-state index contributed by atoms with van der Waals surface area (Å²) in [4.78, 5) is 38.4. The maximum absolute atomic E-state index is 11.8. The van der Waals surface area contributed by atoms with Gasteiger partial charge in [-0.15, -0.1) is 0 Å². The number of anilines is 1. The van der Waals surface area contributed by atoms with Gasteiger partial charge >= 0.3 is 5.97 Å². The van der Waals surface area contributed by atoms with E-state index in [2.05, 4.69) is 10.8 Å². The Morgan fingerprint density at radius 2 is 1.69 bits per heavy atom. The summed E-state index contributed by atoms with van der Waals surface area (Å²) in [6.45, 7) is 3.51. The molecule has 0 aliphatic heterocycles. The Kier molecular flexibility index (Phi) is 6.05. The minimum absolute atomic E-state index is 0.0320. The summed E-state index contributed by atoms with van der Waals surface area (Å²) in [7, 11) is 0. The van der Waals surface area contributed by atoms with Crippen LogP contribution in [0.25, 0.3) is 0 Å². The number of hydroxylamine groups is 1. The quantitative estimate of drug-likeness (QED) is 0.484. The number of amides is 1. The Morgan fingerprint density at radius 3 is 2.27 bits per heavy atom. The minimum atomic E-state index is -0.766. The van der Waals surface area contributed by atoms with Gasteiger partial charge in [0.2, 0.25) is 0 Å². The van der Waals surface area contributed by atoms with Gasteiger partial charge in [-0.3, -0.25) is 14.9 Å². The van der Waals surface area contributed by atoms with Crippen molar-refractivity contribution in [2.24, 2.45) is 0 Å². The Balaban J connectivity index is 1.87. The molecular weight excluding hydrogens is 338 g/mol. The fraction of sp³-hybridized carbons (Fsp3) is 0.111. The number of hydrogen-bond donors (Lipinski definition) is 2. The van der Waals surface area contributed by atoms with E-state index in [0.29, 0.717) is 16.9 Å². The van der Waals surface area contributed by atoms with E-state index in [-0.39, 0.29) is 5.69 Å². The van der Waals surface area contributed by atoms with Gasteiger partial charge in [0.1, 0.15) is 0 Å². The second-order valence-corrected chi connectivity index (χ2v) is 5.47. The third-order valence-corrected chi connectivity index (χ3v) is 3.31. The van der Waals surface area contributed by atoms with Gasteiger partial charge in [-0.1, -0.05) is 17.7 Å². The number of allylic oxidation sites excluding steroid dienone is 1. The summed E-state index contributed by atoms with van der Waals surface area (Å²) in [5.41, 5.74) is 4.43. The van der Waals surface area contributed by atoms with Gasteiger partial charge in [-0.2, -0.15) is 5.48 Å². The van der Waals surface area contributed by atoms with Crippen molar-refractivity contribution in [3.05, 3.63) is 81.5 Å². The highest BCUT2D eigenvalue weighted by Gasteiger charge is 2.08. The van der Waals surface area contributed by atoms with E-state index < -0.39 is 16.8 Å². The van der Waals surface area contributed by atoms with E-state index in [0.717, 1.165) is 11.6 Å². The number of hydrogen-bond acceptors (Lipinski definition) is 6. The number of aryl methyl sites for hydroxylation is 1. The molecular formula is C18H17N3O5. The number of carbonyl (C=O) groups is 2. The van der Waals surface area contributed by atoms with Crippen molar-refractivity contribution in [1.82, 2.24) is 5.48 Å². The van der Waals surface area contributed by atoms with Gasteiger partial charge in [0.15, 0.2) is 0 Å². The molecule has 2 aromatic carbocycles. The van der Waals surface area contributed by atoms with Crippen LogP contribution >= 0.6 is 0 Å². The van der Waals surface area contributed by atoms with Gasteiger partial charge in [0.05, 0.1) is 4.92 Å². The van der Waals surface area contributed by atoms with E-state index in [1.54, 1.807) is 31.2 Å².